The number of carbonyl (C=O) groups is 2. The van der Waals surface area contributed by atoms with Crippen molar-refractivity contribution in [1.82, 2.24) is 19.7 Å². The molecule has 0 radical (unpaired) electrons. The van der Waals surface area contributed by atoms with Crippen LogP contribution in [0.4, 0.5) is 25.1 Å². The van der Waals surface area contributed by atoms with Gasteiger partial charge in [0.05, 0.1) is 5.69 Å². The second kappa shape index (κ2) is 13.0. The number of pyridine rings is 1. The predicted molar refractivity (Wildman–Crippen MR) is 157 cm³/mol. The van der Waals surface area contributed by atoms with Crippen molar-refractivity contribution in [2.24, 2.45) is 5.92 Å². The van der Waals surface area contributed by atoms with Gasteiger partial charge in [-0.1, -0.05) is 11.8 Å². The van der Waals surface area contributed by atoms with Crippen molar-refractivity contribution in [3.8, 4) is 29.0 Å². The van der Waals surface area contributed by atoms with Crippen LogP contribution in [0.1, 0.15) is 35.2 Å². The van der Waals surface area contributed by atoms with E-state index in [0.29, 0.717) is 32.4 Å². The summed E-state index contributed by atoms with van der Waals surface area (Å²) in [4.78, 5) is 42.3. The van der Waals surface area contributed by atoms with E-state index in [1.807, 2.05) is 0 Å². The molecule has 224 valence electrons. The standard InChI is InChI=1S/C31H26F2N6O5/c32-20-4-7-22(8-5-20)39-30(41)24(10-15-36-39)29(40)37-21-6-9-27(25(33)18-21)44-26-11-14-35-28(34)23(26)3-1-2-19-12-16-38(17-13-19)31(42)43/h4-11,14-15,18-19H,2,12-13,16-17H2,(H2,34,35)(H,37,40)(H,42,43). The van der Waals surface area contributed by atoms with Crippen molar-refractivity contribution in [3.05, 3.63) is 100 Å². The Balaban J connectivity index is 1.27. The van der Waals surface area contributed by atoms with E-state index in [2.05, 4.69) is 27.2 Å². The van der Waals surface area contributed by atoms with E-state index in [-0.39, 0.29) is 45.7 Å². The summed E-state index contributed by atoms with van der Waals surface area (Å²) in [5.74, 6) is 4.27. The van der Waals surface area contributed by atoms with Gasteiger partial charge >= 0.3 is 6.09 Å². The number of nitrogens with zero attached hydrogens (tertiary/aromatic N) is 4. The SMILES string of the molecule is Nc1nccc(Oc2ccc(NC(=O)c3ccnn(-c4ccc(F)cc4)c3=O)cc2F)c1C#CCC1CCN(C(=O)O)CC1. The number of anilines is 2. The number of nitrogen functional groups attached to an aromatic ring is 1. The fraction of sp³-hybridized carbons (Fsp3) is 0.194. The summed E-state index contributed by atoms with van der Waals surface area (Å²) in [5.41, 5.74) is 5.64. The first kappa shape index (κ1) is 29.7. The summed E-state index contributed by atoms with van der Waals surface area (Å²) in [7, 11) is 0. The molecule has 1 saturated heterocycles. The monoisotopic (exact) mass is 600 g/mol. The lowest BCUT2D eigenvalue weighted by Crippen LogP contribution is -2.37. The number of amides is 2. The molecule has 0 unspecified atom stereocenters. The lowest BCUT2D eigenvalue weighted by molar-refractivity contribution is 0.102. The van der Waals surface area contributed by atoms with Crippen LogP contribution in [-0.2, 0) is 0 Å². The summed E-state index contributed by atoms with van der Waals surface area (Å²) in [6, 6.07) is 11.5. The first-order chi connectivity index (χ1) is 21.2. The molecule has 0 aliphatic carbocycles. The van der Waals surface area contributed by atoms with Crippen LogP contribution < -0.4 is 21.3 Å². The van der Waals surface area contributed by atoms with Crippen LogP contribution >= 0.6 is 0 Å². The van der Waals surface area contributed by atoms with Crippen molar-refractivity contribution in [2.75, 3.05) is 24.1 Å². The summed E-state index contributed by atoms with van der Waals surface area (Å²) >= 11 is 0. The maximum Gasteiger partial charge on any atom is 0.407 e. The Bertz CT molecular complexity index is 1830. The Morgan fingerprint density at radius 1 is 1.05 bits per heavy atom. The topological polar surface area (TPSA) is 153 Å². The average molecular weight is 601 g/mol. The molecule has 2 amide bonds. The molecule has 13 heteroatoms. The molecule has 4 N–H and O–H groups in total. The highest BCUT2D eigenvalue weighted by molar-refractivity contribution is 6.04. The molecule has 1 fully saturated rings. The quantitative estimate of drug-likeness (QED) is 0.270. The van der Waals surface area contributed by atoms with Gasteiger partial charge in [-0.15, -0.1) is 0 Å². The van der Waals surface area contributed by atoms with Gasteiger partial charge in [0.25, 0.3) is 11.5 Å². The minimum atomic E-state index is -0.927. The largest absolute Gasteiger partial charge is 0.465 e. The Morgan fingerprint density at radius 2 is 1.80 bits per heavy atom. The number of ether oxygens (including phenoxy) is 1. The zero-order valence-electron chi connectivity index (χ0n) is 23.2. The number of nitrogens with two attached hydrogens (primary N) is 1. The molecule has 1 aliphatic heterocycles. The third-order valence-corrected chi connectivity index (χ3v) is 7.00. The van der Waals surface area contributed by atoms with Crippen molar-refractivity contribution < 1.29 is 28.2 Å². The van der Waals surface area contributed by atoms with Gasteiger partial charge in [0, 0.05) is 49.7 Å². The highest BCUT2D eigenvalue weighted by Gasteiger charge is 2.22. The van der Waals surface area contributed by atoms with Crippen molar-refractivity contribution in [1.29, 1.82) is 0 Å². The van der Waals surface area contributed by atoms with Gasteiger partial charge in [-0.2, -0.15) is 9.78 Å². The number of benzene rings is 2. The highest BCUT2D eigenvalue weighted by Crippen LogP contribution is 2.31. The molecule has 2 aromatic heterocycles. The van der Waals surface area contributed by atoms with Gasteiger partial charge in [-0.05, 0) is 61.2 Å². The second-order valence-electron chi connectivity index (χ2n) is 9.93. The molecule has 5 rings (SSSR count). The van der Waals surface area contributed by atoms with Crippen molar-refractivity contribution in [3.63, 3.8) is 0 Å². The molecular formula is C31H26F2N6O5. The lowest BCUT2D eigenvalue weighted by atomic mass is 9.94. The van der Waals surface area contributed by atoms with E-state index >= 15 is 4.39 Å². The normalized spacial score (nSPS) is 13.1. The molecule has 44 heavy (non-hydrogen) atoms. The maximum atomic E-state index is 15.1. The molecule has 3 heterocycles. The van der Waals surface area contributed by atoms with Crippen LogP contribution in [0, 0.1) is 29.4 Å². The van der Waals surface area contributed by atoms with E-state index in [9.17, 15) is 18.8 Å². The third kappa shape index (κ3) is 6.81. The molecule has 0 bridgehead atoms. The van der Waals surface area contributed by atoms with Gasteiger partial charge in [0.1, 0.15) is 28.5 Å². The predicted octanol–water partition coefficient (Wildman–Crippen LogP) is 4.66. The number of likely N-dealkylation sites (tertiary alicyclic amines) is 1. The lowest BCUT2D eigenvalue weighted by Gasteiger charge is -2.28. The zero-order chi connectivity index (χ0) is 31.2. The molecule has 0 saturated carbocycles. The summed E-state index contributed by atoms with van der Waals surface area (Å²) in [5, 5.41) is 15.5. The number of aromatic nitrogens is 3. The summed E-state index contributed by atoms with van der Waals surface area (Å²) in [6.45, 7) is 0.912. The van der Waals surface area contributed by atoms with Gasteiger partial charge in [0.15, 0.2) is 11.6 Å². The van der Waals surface area contributed by atoms with E-state index in [1.165, 1.54) is 53.7 Å². The molecule has 0 spiro atoms. The van der Waals surface area contributed by atoms with Crippen molar-refractivity contribution in [2.45, 2.75) is 19.3 Å². The average Bonchev–Trinajstić information content (AvgIpc) is 3.00. The first-order valence-electron chi connectivity index (χ1n) is 13.5. The molecular weight excluding hydrogens is 574 g/mol. The minimum Gasteiger partial charge on any atom is -0.465 e. The fourth-order valence-corrected chi connectivity index (χ4v) is 4.61. The van der Waals surface area contributed by atoms with E-state index in [1.54, 1.807) is 0 Å². The van der Waals surface area contributed by atoms with Crippen LogP contribution in [0.15, 0.2) is 71.8 Å². The maximum absolute atomic E-state index is 15.1. The number of nitrogens with one attached hydrogen (secondary N) is 1. The number of rotatable bonds is 6. The van der Waals surface area contributed by atoms with Gasteiger partial charge < -0.3 is 25.8 Å². The minimum absolute atomic E-state index is 0.0626. The van der Waals surface area contributed by atoms with Crippen LogP contribution in [0.5, 0.6) is 11.5 Å². The van der Waals surface area contributed by atoms with Gasteiger partial charge in [-0.25, -0.2) is 18.6 Å². The molecule has 11 nitrogen and oxygen atoms in total. The van der Waals surface area contributed by atoms with E-state index in [4.69, 9.17) is 15.6 Å². The number of hydrogen-bond acceptors (Lipinski definition) is 7. The Kier molecular flexibility index (Phi) is 8.80. The Morgan fingerprint density at radius 3 is 2.50 bits per heavy atom. The van der Waals surface area contributed by atoms with Crippen LogP contribution in [0.3, 0.4) is 0 Å². The summed E-state index contributed by atoms with van der Waals surface area (Å²) in [6.07, 6.45) is 3.65. The number of carboxylic acid groups (broad SMARTS) is 1. The number of hydrogen-bond donors (Lipinski definition) is 3. The number of carbonyl (C=O) groups excluding carboxylic acids is 1. The van der Waals surface area contributed by atoms with Gasteiger partial charge in [-0.3, -0.25) is 9.59 Å². The fourth-order valence-electron chi connectivity index (χ4n) is 4.61. The second-order valence-corrected chi connectivity index (χ2v) is 9.93. The zero-order valence-corrected chi connectivity index (χ0v) is 23.2. The number of piperidine rings is 1. The molecule has 2 aromatic carbocycles. The van der Waals surface area contributed by atoms with Crippen LogP contribution in [0.2, 0.25) is 0 Å². The number of halogens is 2. The summed E-state index contributed by atoms with van der Waals surface area (Å²) < 4.78 is 35.1. The van der Waals surface area contributed by atoms with Crippen LogP contribution in [-0.4, -0.2) is 49.9 Å². The smallest absolute Gasteiger partial charge is 0.407 e. The van der Waals surface area contributed by atoms with Crippen LogP contribution in [0.25, 0.3) is 5.69 Å². The molecule has 4 aromatic rings. The Hall–Kier alpha value is -5.77. The molecule has 0 atom stereocenters. The third-order valence-electron chi connectivity index (χ3n) is 7.00. The first-order valence-corrected chi connectivity index (χ1v) is 13.5. The van der Waals surface area contributed by atoms with E-state index < -0.39 is 29.2 Å². The highest BCUT2D eigenvalue weighted by atomic mass is 19.1. The van der Waals surface area contributed by atoms with Crippen molar-refractivity contribution >= 4 is 23.5 Å². The Labute approximate surface area is 249 Å². The van der Waals surface area contributed by atoms with Gasteiger partial charge in [0.2, 0.25) is 0 Å². The molecule has 1 aliphatic rings. The van der Waals surface area contributed by atoms with E-state index in [0.717, 1.165) is 22.9 Å².